The number of nitrogens with zero attached hydrogens (tertiary/aromatic N) is 2. The van der Waals surface area contributed by atoms with Gasteiger partial charge >= 0.3 is 0 Å². The normalized spacial score (nSPS) is 11.2. The molecule has 0 bridgehead atoms. The fraction of sp³-hybridized carbons (Fsp3) is 0. The lowest BCUT2D eigenvalue weighted by atomic mass is 10.2. The van der Waals surface area contributed by atoms with E-state index in [0.717, 1.165) is 5.56 Å². The van der Waals surface area contributed by atoms with Gasteiger partial charge in [-0.2, -0.15) is 10.2 Å². The Morgan fingerprint density at radius 3 is 2.89 bits per heavy atom. The van der Waals surface area contributed by atoms with Gasteiger partial charge in [0.15, 0.2) is 0 Å². The van der Waals surface area contributed by atoms with Gasteiger partial charge in [0.2, 0.25) is 0 Å². The molecular weight excluding hydrogens is 264 g/mol. The van der Waals surface area contributed by atoms with Crippen LogP contribution in [0, 0.1) is 0 Å². The van der Waals surface area contributed by atoms with Crippen molar-refractivity contribution in [1.29, 1.82) is 0 Å². The molecule has 0 saturated heterocycles. The van der Waals surface area contributed by atoms with Crippen molar-refractivity contribution in [2.75, 3.05) is 5.43 Å². The standard InChI is InChI=1S/C13H11ClN4O/c14-12-11(9-16-18-13(12)19)17-15-8-4-7-10-5-2-1-3-6-10/h1-9H,(H2,17,18,19)/b7-4+,15-8-. The second kappa shape index (κ2) is 6.51. The molecule has 1 aromatic carbocycles. The van der Waals surface area contributed by atoms with Crippen molar-refractivity contribution in [3.63, 3.8) is 0 Å². The molecule has 96 valence electrons. The zero-order valence-electron chi connectivity index (χ0n) is 9.88. The molecule has 0 unspecified atom stereocenters. The lowest BCUT2D eigenvalue weighted by molar-refractivity contribution is 0.987. The Morgan fingerprint density at radius 2 is 2.11 bits per heavy atom. The highest BCUT2D eigenvalue weighted by atomic mass is 35.5. The molecule has 0 saturated carbocycles. The van der Waals surface area contributed by atoms with E-state index in [-0.39, 0.29) is 5.02 Å². The van der Waals surface area contributed by atoms with Gasteiger partial charge in [-0.15, -0.1) is 0 Å². The summed E-state index contributed by atoms with van der Waals surface area (Å²) in [5.41, 5.74) is 3.62. The maximum atomic E-state index is 11.2. The maximum absolute atomic E-state index is 11.2. The van der Waals surface area contributed by atoms with Crippen LogP contribution in [0.5, 0.6) is 0 Å². The van der Waals surface area contributed by atoms with E-state index in [0.29, 0.717) is 5.69 Å². The van der Waals surface area contributed by atoms with Crippen LogP contribution in [-0.4, -0.2) is 16.4 Å². The molecule has 0 atom stereocenters. The molecule has 6 heteroatoms. The highest BCUT2D eigenvalue weighted by Crippen LogP contribution is 2.13. The molecule has 1 heterocycles. The monoisotopic (exact) mass is 274 g/mol. The summed E-state index contributed by atoms with van der Waals surface area (Å²) in [5.74, 6) is 0. The number of anilines is 1. The fourth-order valence-electron chi connectivity index (χ4n) is 1.33. The summed E-state index contributed by atoms with van der Waals surface area (Å²) in [4.78, 5) is 11.2. The molecule has 2 rings (SSSR count). The number of rotatable bonds is 4. The number of halogens is 1. The van der Waals surface area contributed by atoms with Gasteiger partial charge in [0, 0.05) is 6.21 Å². The zero-order valence-corrected chi connectivity index (χ0v) is 10.6. The van der Waals surface area contributed by atoms with Gasteiger partial charge in [0.05, 0.1) is 6.20 Å². The van der Waals surface area contributed by atoms with E-state index in [9.17, 15) is 4.79 Å². The number of nitrogens with one attached hydrogen (secondary N) is 2. The third-order valence-corrected chi connectivity index (χ3v) is 2.60. The Kier molecular flexibility index (Phi) is 4.47. The molecule has 1 aromatic heterocycles. The second-order valence-corrected chi connectivity index (χ2v) is 3.96. The summed E-state index contributed by atoms with van der Waals surface area (Å²) in [6.07, 6.45) is 6.63. The van der Waals surface area contributed by atoms with Crippen molar-refractivity contribution in [1.82, 2.24) is 10.2 Å². The smallest absolute Gasteiger partial charge is 0.275 e. The summed E-state index contributed by atoms with van der Waals surface area (Å²) >= 11 is 5.76. The first-order valence-electron chi connectivity index (χ1n) is 5.51. The van der Waals surface area contributed by atoms with Crippen LogP contribution >= 0.6 is 11.6 Å². The molecular formula is C13H11ClN4O. The van der Waals surface area contributed by atoms with Crippen molar-refractivity contribution in [3.8, 4) is 0 Å². The van der Waals surface area contributed by atoms with Crippen molar-refractivity contribution in [2.45, 2.75) is 0 Å². The Labute approximate surface area is 114 Å². The van der Waals surface area contributed by atoms with Gasteiger partial charge in [0.1, 0.15) is 10.7 Å². The highest BCUT2D eigenvalue weighted by molar-refractivity contribution is 6.32. The Balaban J connectivity index is 1.96. The maximum Gasteiger partial charge on any atom is 0.285 e. The predicted octanol–water partition coefficient (Wildman–Crippen LogP) is 2.53. The second-order valence-electron chi connectivity index (χ2n) is 3.59. The number of hydrogen-bond acceptors (Lipinski definition) is 4. The summed E-state index contributed by atoms with van der Waals surface area (Å²) in [6.45, 7) is 0. The van der Waals surface area contributed by atoms with Crippen LogP contribution < -0.4 is 11.0 Å². The van der Waals surface area contributed by atoms with E-state index < -0.39 is 5.56 Å². The number of aromatic amines is 1. The van der Waals surface area contributed by atoms with Crippen molar-refractivity contribution in [3.05, 3.63) is 63.5 Å². The Bertz CT molecular complexity index is 649. The van der Waals surface area contributed by atoms with Crippen LogP contribution in [0.25, 0.3) is 6.08 Å². The molecule has 0 radical (unpaired) electrons. The molecule has 2 N–H and O–H groups in total. The van der Waals surface area contributed by atoms with Crippen LogP contribution in [0.3, 0.4) is 0 Å². The summed E-state index contributed by atoms with van der Waals surface area (Å²) in [6, 6.07) is 9.83. The van der Waals surface area contributed by atoms with Gasteiger partial charge in [0.25, 0.3) is 5.56 Å². The van der Waals surface area contributed by atoms with Gasteiger partial charge in [-0.25, -0.2) is 5.10 Å². The zero-order chi connectivity index (χ0) is 13.5. The van der Waals surface area contributed by atoms with E-state index in [1.165, 1.54) is 6.20 Å². The van der Waals surface area contributed by atoms with E-state index in [1.807, 2.05) is 36.4 Å². The summed E-state index contributed by atoms with van der Waals surface area (Å²) < 4.78 is 0. The minimum atomic E-state index is -0.457. The van der Waals surface area contributed by atoms with Crippen molar-refractivity contribution >= 4 is 29.6 Å². The number of hydrazone groups is 1. The van der Waals surface area contributed by atoms with Crippen LogP contribution in [0.2, 0.25) is 5.02 Å². The largest absolute Gasteiger partial charge is 0.285 e. The first kappa shape index (κ1) is 13.0. The molecule has 0 aliphatic heterocycles. The lowest BCUT2D eigenvalue weighted by Crippen LogP contribution is -2.09. The van der Waals surface area contributed by atoms with E-state index in [1.54, 1.807) is 12.3 Å². The molecule has 0 aliphatic rings. The minimum Gasteiger partial charge on any atom is -0.275 e. The minimum absolute atomic E-state index is 0.0270. The number of H-pyrrole nitrogens is 1. The first-order valence-corrected chi connectivity index (χ1v) is 5.89. The number of allylic oxidation sites excluding steroid dienone is 1. The van der Waals surface area contributed by atoms with Crippen LogP contribution in [0.4, 0.5) is 5.69 Å². The molecule has 0 amide bonds. The number of benzene rings is 1. The fourth-order valence-corrected chi connectivity index (χ4v) is 1.46. The number of aromatic nitrogens is 2. The quantitative estimate of drug-likeness (QED) is 0.665. The Hall–Kier alpha value is -2.40. The van der Waals surface area contributed by atoms with Crippen LogP contribution in [-0.2, 0) is 0 Å². The topological polar surface area (TPSA) is 70.1 Å². The Morgan fingerprint density at radius 1 is 1.32 bits per heavy atom. The molecule has 5 nitrogen and oxygen atoms in total. The van der Waals surface area contributed by atoms with Crippen LogP contribution in [0.15, 0.2) is 52.5 Å². The molecule has 19 heavy (non-hydrogen) atoms. The van der Waals surface area contributed by atoms with Gasteiger partial charge in [-0.1, -0.05) is 48.0 Å². The lowest BCUT2D eigenvalue weighted by Gasteiger charge is -1.99. The molecule has 0 aliphatic carbocycles. The number of hydrogen-bond donors (Lipinski definition) is 2. The summed E-state index contributed by atoms with van der Waals surface area (Å²) in [5, 5.41) is 9.78. The molecule has 0 spiro atoms. The summed E-state index contributed by atoms with van der Waals surface area (Å²) in [7, 11) is 0. The molecule has 2 aromatic rings. The van der Waals surface area contributed by atoms with Gasteiger partial charge in [-0.05, 0) is 11.6 Å². The van der Waals surface area contributed by atoms with Crippen LogP contribution in [0.1, 0.15) is 5.56 Å². The average Bonchev–Trinajstić information content (AvgIpc) is 2.44. The van der Waals surface area contributed by atoms with Gasteiger partial charge in [-0.3, -0.25) is 10.2 Å². The SMILES string of the molecule is O=c1[nH]ncc(N/N=C\C=C\c2ccccc2)c1Cl. The highest BCUT2D eigenvalue weighted by Gasteiger charge is 2.02. The van der Waals surface area contributed by atoms with Crippen molar-refractivity contribution < 1.29 is 0 Å². The average molecular weight is 275 g/mol. The van der Waals surface area contributed by atoms with E-state index in [4.69, 9.17) is 11.6 Å². The first-order chi connectivity index (χ1) is 9.27. The third-order valence-electron chi connectivity index (χ3n) is 2.23. The van der Waals surface area contributed by atoms with Gasteiger partial charge < -0.3 is 0 Å². The molecule has 0 fully saturated rings. The van der Waals surface area contributed by atoms with E-state index in [2.05, 4.69) is 20.7 Å². The predicted molar refractivity (Wildman–Crippen MR) is 77.5 cm³/mol. The third kappa shape index (κ3) is 3.79. The van der Waals surface area contributed by atoms with Crippen molar-refractivity contribution in [2.24, 2.45) is 5.10 Å². The van der Waals surface area contributed by atoms with E-state index >= 15 is 0 Å².